The molecule has 0 spiro atoms. The third kappa shape index (κ3) is 5.25. The number of rotatable bonds is 6. The molecule has 5 heteroatoms. The summed E-state index contributed by atoms with van der Waals surface area (Å²) in [7, 11) is 0. The van der Waals surface area contributed by atoms with Gasteiger partial charge in [0, 0.05) is 11.1 Å². The molecule has 0 fully saturated rings. The van der Waals surface area contributed by atoms with Crippen molar-refractivity contribution in [2.45, 2.75) is 13.0 Å². The molecule has 0 saturated carbocycles. The smallest absolute Gasteiger partial charge is 0.330 e. The second-order valence-corrected chi connectivity index (χ2v) is 5.51. The summed E-state index contributed by atoms with van der Waals surface area (Å²) in [5.74, 6) is -0.924. The third-order valence-electron chi connectivity index (χ3n) is 3.29. The van der Waals surface area contributed by atoms with E-state index < -0.39 is 5.97 Å². The van der Waals surface area contributed by atoms with Crippen molar-refractivity contribution < 1.29 is 14.3 Å². The van der Waals surface area contributed by atoms with Gasteiger partial charge < -0.3 is 10.1 Å². The topological polar surface area (TPSA) is 55.4 Å². The first-order valence-corrected chi connectivity index (χ1v) is 7.87. The normalized spacial score (nSPS) is 11.9. The fraction of sp³-hybridized carbons (Fsp3) is 0.158. The van der Waals surface area contributed by atoms with E-state index in [4.69, 9.17) is 16.3 Å². The Morgan fingerprint density at radius 1 is 1.08 bits per heavy atom. The largest absolute Gasteiger partial charge is 0.452 e. The maximum absolute atomic E-state index is 12.1. The first-order valence-electron chi connectivity index (χ1n) is 7.49. The minimum Gasteiger partial charge on any atom is -0.452 e. The van der Waals surface area contributed by atoms with Crippen molar-refractivity contribution in [3.8, 4) is 0 Å². The van der Waals surface area contributed by atoms with E-state index in [-0.39, 0.29) is 18.6 Å². The van der Waals surface area contributed by atoms with Gasteiger partial charge in [-0.15, -0.1) is 0 Å². The average Bonchev–Trinajstić information content (AvgIpc) is 2.60. The molecule has 124 valence electrons. The van der Waals surface area contributed by atoms with Gasteiger partial charge in [-0.05, 0) is 30.2 Å². The molecule has 4 nitrogen and oxygen atoms in total. The highest BCUT2D eigenvalue weighted by Gasteiger charge is 2.17. The molecule has 24 heavy (non-hydrogen) atoms. The van der Waals surface area contributed by atoms with E-state index in [2.05, 4.69) is 5.32 Å². The fourth-order valence-corrected chi connectivity index (χ4v) is 2.31. The number of allylic oxidation sites excluding steroid dienone is 1. The van der Waals surface area contributed by atoms with Gasteiger partial charge in [-0.1, -0.05) is 60.1 Å². The Labute approximate surface area is 146 Å². The summed E-state index contributed by atoms with van der Waals surface area (Å²) in [5.41, 5.74) is 1.81. The highest BCUT2D eigenvalue weighted by Crippen LogP contribution is 2.23. The molecule has 0 aliphatic heterocycles. The van der Waals surface area contributed by atoms with Crippen LogP contribution in [0.3, 0.4) is 0 Å². The molecule has 0 saturated heterocycles. The summed E-state index contributed by atoms with van der Waals surface area (Å²) in [6.07, 6.45) is 2.82. The molecular formula is C19H18ClNO3. The fourth-order valence-electron chi connectivity index (χ4n) is 2.18. The zero-order chi connectivity index (χ0) is 17.4. The van der Waals surface area contributed by atoms with E-state index in [1.54, 1.807) is 25.1 Å². The lowest BCUT2D eigenvalue weighted by molar-refractivity contribution is -0.144. The molecule has 1 amide bonds. The first kappa shape index (κ1) is 17.8. The molecule has 1 N–H and O–H groups in total. The van der Waals surface area contributed by atoms with Crippen LogP contribution < -0.4 is 5.32 Å². The maximum atomic E-state index is 12.1. The Morgan fingerprint density at radius 3 is 2.33 bits per heavy atom. The van der Waals surface area contributed by atoms with E-state index in [1.807, 2.05) is 42.5 Å². The summed E-state index contributed by atoms with van der Waals surface area (Å²) >= 11 is 5.93. The van der Waals surface area contributed by atoms with Crippen LogP contribution in [0.5, 0.6) is 0 Å². The Morgan fingerprint density at radius 2 is 1.71 bits per heavy atom. The number of hydrogen-bond donors (Lipinski definition) is 1. The lowest BCUT2D eigenvalue weighted by Gasteiger charge is -2.20. The Hall–Kier alpha value is -2.59. The van der Waals surface area contributed by atoms with Crippen LogP contribution in [0, 0.1) is 0 Å². The minimum absolute atomic E-state index is 0.333. The van der Waals surface area contributed by atoms with Gasteiger partial charge >= 0.3 is 5.97 Å². The molecule has 0 aromatic heterocycles. The van der Waals surface area contributed by atoms with Crippen LogP contribution in [0.1, 0.15) is 24.1 Å². The first-order chi connectivity index (χ1) is 11.6. The number of carbonyl (C=O) groups is 2. The number of esters is 1. The van der Waals surface area contributed by atoms with Crippen LogP contribution in [0.15, 0.2) is 66.7 Å². The lowest BCUT2D eigenvalue weighted by Crippen LogP contribution is -2.32. The average molecular weight is 344 g/mol. The minimum atomic E-state index is -0.546. The Kier molecular flexibility index (Phi) is 6.58. The van der Waals surface area contributed by atoms with Gasteiger partial charge in [-0.25, -0.2) is 4.79 Å². The summed E-state index contributed by atoms with van der Waals surface area (Å²) in [4.78, 5) is 23.4. The second-order valence-electron chi connectivity index (χ2n) is 5.07. The quantitative estimate of drug-likeness (QED) is 0.643. The standard InChI is InChI=1S/C19H18ClNO3/c1-2-6-18(23)24-13-17(22)21-19(14-7-4-3-5-8-14)15-9-11-16(20)12-10-15/h2-12,19H,13H2,1H3,(H,21,22)/b6-2+. The predicted molar refractivity (Wildman–Crippen MR) is 93.7 cm³/mol. The van der Waals surface area contributed by atoms with E-state index in [1.165, 1.54) is 6.08 Å². The molecule has 1 atom stereocenters. The molecule has 2 aromatic rings. The maximum Gasteiger partial charge on any atom is 0.330 e. The number of nitrogens with one attached hydrogen (secondary N) is 1. The number of ether oxygens (including phenoxy) is 1. The summed E-state index contributed by atoms with van der Waals surface area (Å²) in [6, 6.07) is 16.4. The van der Waals surface area contributed by atoms with Crippen LogP contribution in [0.4, 0.5) is 0 Å². The molecule has 0 bridgehead atoms. The predicted octanol–water partition coefficient (Wildman–Crippen LogP) is 3.66. The molecule has 0 aliphatic rings. The highest BCUT2D eigenvalue weighted by molar-refractivity contribution is 6.30. The number of benzene rings is 2. The molecule has 0 heterocycles. The van der Waals surface area contributed by atoms with Crippen LogP contribution in [-0.2, 0) is 14.3 Å². The van der Waals surface area contributed by atoms with Gasteiger partial charge in [-0.3, -0.25) is 4.79 Å². The SMILES string of the molecule is C/C=C/C(=O)OCC(=O)NC(c1ccccc1)c1ccc(Cl)cc1. The van der Waals surface area contributed by atoms with Gasteiger partial charge in [-0.2, -0.15) is 0 Å². The zero-order valence-corrected chi connectivity index (χ0v) is 14.0. The highest BCUT2D eigenvalue weighted by atomic mass is 35.5. The summed E-state index contributed by atoms with van der Waals surface area (Å²) < 4.78 is 4.88. The number of hydrogen-bond acceptors (Lipinski definition) is 3. The van der Waals surface area contributed by atoms with Crippen molar-refractivity contribution in [1.29, 1.82) is 0 Å². The van der Waals surface area contributed by atoms with Crippen LogP contribution in [-0.4, -0.2) is 18.5 Å². The Bertz CT molecular complexity index is 711. The van der Waals surface area contributed by atoms with Gasteiger partial charge in [0.05, 0.1) is 6.04 Å². The molecular weight excluding hydrogens is 326 g/mol. The van der Waals surface area contributed by atoms with Gasteiger partial charge in [0.25, 0.3) is 5.91 Å². The van der Waals surface area contributed by atoms with E-state index in [0.29, 0.717) is 5.02 Å². The van der Waals surface area contributed by atoms with Crippen molar-refractivity contribution in [3.63, 3.8) is 0 Å². The molecule has 0 aliphatic carbocycles. The van der Waals surface area contributed by atoms with Crippen LogP contribution in [0.25, 0.3) is 0 Å². The van der Waals surface area contributed by atoms with E-state index in [0.717, 1.165) is 11.1 Å². The molecule has 1 unspecified atom stereocenters. The van der Waals surface area contributed by atoms with Crippen molar-refractivity contribution >= 4 is 23.5 Å². The monoisotopic (exact) mass is 343 g/mol. The molecule has 0 radical (unpaired) electrons. The zero-order valence-electron chi connectivity index (χ0n) is 13.2. The number of carbonyl (C=O) groups excluding carboxylic acids is 2. The van der Waals surface area contributed by atoms with Gasteiger partial charge in [0.2, 0.25) is 0 Å². The van der Waals surface area contributed by atoms with E-state index in [9.17, 15) is 9.59 Å². The number of amides is 1. The molecule has 2 rings (SSSR count). The van der Waals surface area contributed by atoms with Crippen molar-refractivity contribution in [2.24, 2.45) is 0 Å². The van der Waals surface area contributed by atoms with Crippen molar-refractivity contribution in [2.75, 3.05) is 6.61 Å². The van der Waals surface area contributed by atoms with Crippen molar-refractivity contribution in [1.82, 2.24) is 5.32 Å². The van der Waals surface area contributed by atoms with Crippen molar-refractivity contribution in [3.05, 3.63) is 82.9 Å². The Balaban J connectivity index is 2.13. The third-order valence-corrected chi connectivity index (χ3v) is 3.54. The van der Waals surface area contributed by atoms with Gasteiger partial charge in [0.15, 0.2) is 6.61 Å². The summed E-state index contributed by atoms with van der Waals surface area (Å²) in [6.45, 7) is 1.37. The summed E-state index contributed by atoms with van der Waals surface area (Å²) in [5, 5.41) is 3.51. The van der Waals surface area contributed by atoms with E-state index >= 15 is 0 Å². The lowest BCUT2D eigenvalue weighted by atomic mass is 9.99. The molecule has 2 aromatic carbocycles. The van der Waals surface area contributed by atoms with Gasteiger partial charge in [0.1, 0.15) is 0 Å². The second kappa shape index (κ2) is 8.89. The van der Waals surface area contributed by atoms with Crippen LogP contribution in [0.2, 0.25) is 5.02 Å². The number of halogens is 1. The van der Waals surface area contributed by atoms with Crippen LogP contribution >= 0.6 is 11.6 Å².